The Bertz CT molecular complexity index is 474. The molecule has 1 aromatic rings. The lowest BCUT2D eigenvalue weighted by Gasteiger charge is -2.02. The smallest absolute Gasteiger partial charge is 0.333 e. The lowest BCUT2D eigenvalue weighted by molar-refractivity contribution is -0.136. The molecule has 1 rings (SSSR count). The van der Waals surface area contributed by atoms with Crippen molar-refractivity contribution in [2.24, 2.45) is 0 Å². The number of aryl methyl sites for hydroxylation is 1. The minimum absolute atomic E-state index is 0.195. The van der Waals surface area contributed by atoms with Crippen molar-refractivity contribution < 1.29 is 9.53 Å². The predicted octanol–water partition coefficient (Wildman–Crippen LogP) is 0.671. The largest absolute Gasteiger partial charge is 0.466 e. The van der Waals surface area contributed by atoms with E-state index in [-0.39, 0.29) is 12.1 Å². The topological polar surface area (TPSA) is 61.2 Å². The molecule has 0 amide bonds. The number of nitrogens with zero attached hydrogens (tertiary/aromatic N) is 2. The maximum absolute atomic E-state index is 11.4. The summed E-state index contributed by atoms with van der Waals surface area (Å²) in [4.78, 5) is 22.5. The van der Waals surface area contributed by atoms with Crippen LogP contribution in [0.2, 0.25) is 0 Å². The fraction of sp³-hybridized carbons (Fsp3) is 0.364. The van der Waals surface area contributed by atoms with E-state index in [1.54, 1.807) is 26.0 Å². The van der Waals surface area contributed by atoms with E-state index in [9.17, 15) is 9.59 Å². The van der Waals surface area contributed by atoms with Gasteiger partial charge in [-0.15, -0.1) is 0 Å². The Kier molecular flexibility index (Phi) is 3.99. The van der Waals surface area contributed by atoms with Gasteiger partial charge in [0.15, 0.2) is 0 Å². The first-order valence-corrected chi connectivity index (χ1v) is 4.84. The van der Waals surface area contributed by atoms with Crippen molar-refractivity contribution in [1.82, 2.24) is 9.78 Å². The summed E-state index contributed by atoms with van der Waals surface area (Å²) >= 11 is 0. The van der Waals surface area contributed by atoms with Crippen LogP contribution in [0.15, 0.2) is 28.6 Å². The third-order valence-electron chi connectivity index (χ3n) is 2.08. The highest BCUT2D eigenvalue weighted by Crippen LogP contribution is 1.96. The minimum Gasteiger partial charge on any atom is -0.466 e. The van der Waals surface area contributed by atoms with Gasteiger partial charge in [-0.3, -0.25) is 4.79 Å². The van der Waals surface area contributed by atoms with E-state index >= 15 is 0 Å². The number of hydrogen-bond donors (Lipinski definition) is 0. The van der Waals surface area contributed by atoms with Gasteiger partial charge in [0.2, 0.25) is 0 Å². The number of rotatable bonds is 3. The predicted molar refractivity (Wildman–Crippen MR) is 59.0 cm³/mol. The number of carbonyl (C=O) groups is 1. The third kappa shape index (κ3) is 3.05. The van der Waals surface area contributed by atoms with Crippen molar-refractivity contribution in [1.29, 1.82) is 0 Å². The van der Waals surface area contributed by atoms with Crippen LogP contribution < -0.4 is 5.56 Å². The summed E-state index contributed by atoms with van der Waals surface area (Å²) in [6.45, 7) is 3.70. The molecule has 0 spiro atoms. The van der Waals surface area contributed by atoms with Gasteiger partial charge in [0, 0.05) is 11.6 Å². The lowest BCUT2D eigenvalue weighted by Crippen LogP contribution is -2.22. The van der Waals surface area contributed by atoms with Crippen molar-refractivity contribution in [3.8, 4) is 0 Å². The molecule has 0 atom stereocenters. The molecule has 1 heterocycles. The Hall–Kier alpha value is -1.91. The molecule has 86 valence electrons. The Labute approximate surface area is 93.4 Å². The molecule has 16 heavy (non-hydrogen) atoms. The van der Waals surface area contributed by atoms with Gasteiger partial charge < -0.3 is 4.74 Å². The van der Waals surface area contributed by atoms with Crippen LogP contribution >= 0.6 is 0 Å². The van der Waals surface area contributed by atoms with Crippen LogP contribution in [-0.4, -0.2) is 22.9 Å². The van der Waals surface area contributed by atoms with E-state index < -0.39 is 5.97 Å². The van der Waals surface area contributed by atoms with Crippen LogP contribution in [0.1, 0.15) is 12.6 Å². The highest BCUT2D eigenvalue weighted by Gasteiger charge is 2.02. The molecule has 0 aliphatic carbocycles. The molecule has 0 saturated carbocycles. The molecule has 1 aromatic heterocycles. The highest BCUT2D eigenvalue weighted by atomic mass is 16.5. The van der Waals surface area contributed by atoms with E-state index in [0.29, 0.717) is 5.57 Å². The fourth-order valence-electron chi connectivity index (χ4n) is 1.15. The summed E-state index contributed by atoms with van der Waals surface area (Å²) in [5.41, 5.74) is 1.01. The summed E-state index contributed by atoms with van der Waals surface area (Å²) in [6, 6.07) is 3.10. The molecule has 0 saturated heterocycles. The quantitative estimate of drug-likeness (QED) is 0.557. The zero-order valence-corrected chi connectivity index (χ0v) is 9.56. The summed E-state index contributed by atoms with van der Waals surface area (Å²) in [7, 11) is 1.32. The molecule has 5 heteroatoms. The molecule has 0 fully saturated rings. The maximum atomic E-state index is 11.4. The van der Waals surface area contributed by atoms with Gasteiger partial charge in [0.05, 0.1) is 19.3 Å². The van der Waals surface area contributed by atoms with Gasteiger partial charge in [-0.25, -0.2) is 9.48 Å². The van der Waals surface area contributed by atoms with Crippen LogP contribution in [0, 0.1) is 6.92 Å². The number of allylic oxidation sites excluding steroid dienone is 1. The van der Waals surface area contributed by atoms with Crippen LogP contribution in [0.4, 0.5) is 0 Å². The van der Waals surface area contributed by atoms with Crippen LogP contribution in [0.5, 0.6) is 0 Å². The number of ether oxygens (including phenoxy) is 1. The highest BCUT2D eigenvalue weighted by molar-refractivity contribution is 5.87. The zero-order valence-electron chi connectivity index (χ0n) is 9.56. The Morgan fingerprint density at radius 3 is 2.88 bits per heavy atom. The number of carbonyl (C=O) groups excluding carboxylic acids is 1. The summed E-state index contributed by atoms with van der Waals surface area (Å²) in [5, 5.41) is 4.04. The Morgan fingerprint density at radius 1 is 1.56 bits per heavy atom. The van der Waals surface area contributed by atoms with Crippen molar-refractivity contribution in [2.45, 2.75) is 20.4 Å². The summed E-state index contributed by atoms with van der Waals surface area (Å²) < 4.78 is 5.83. The number of aromatic nitrogens is 2. The molecule has 0 bridgehead atoms. The van der Waals surface area contributed by atoms with Crippen molar-refractivity contribution in [3.63, 3.8) is 0 Å². The molecular formula is C11H14N2O3. The van der Waals surface area contributed by atoms with E-state index in [0.717, 1.165) is 5.69 Å². The molecule has 0 radical (unpaired) electrons. The second-order valence-electron chi connectivity index (χ2n) is 3.37. The SMILES string of the molecule is COC(=O)C(C)=CCn1nc(C)ccc1=O. The van der Waals surface area contributed by atoms with Crippen LogP contribution in [0.3, 0.4) is 0 Å². The van der Waals surface area contributed by atoms with E-state index in [1.807, 2.05) is 0 Å². The Morgan fingerprint density at radius 2 is 2.25 bits per heavy atom. The second-order valence-corrected chi connectivity index (χ2v) is 3.37. The van der Waals surface area contributed by atoms with Crippen LogP contribution in [-0.2, 0) is 16.1 Å². The monoisotopic (exact) mass is 222 g/mol. The standard InChI is InChI=1S/C11H14N2O3/c1-8(11(15)16-3)6-7-13-10(14)5-4-9(2)12-13/h4-6H,7H2,1-3H3. The molecule has 5 nitrogen and oxygen atoms in total. The average Bonchev–Trinajstić information content (AvgIpc) is 2.28. The normalized spacial score (nSPS) is 11.3. The second kappa shape index (κ2) is 5.25. The first kappa shape index (κ1) is 12.2. The molecule has 0 N–H and O–H groups in total. The third-order valence-corrected chi connectivity index (χ3v) is 2.08. The number of esters is 1. The molecule has 0 aliphatic heterocycles. The minimum atomic E-state index is -0.402. The first-order chi connectivity index (χ1) is 7.54. The number of methoxy groups -OCH3 is 1. The van der Waals surface area contributed by atoms with E-state index in [1.165, 1.54) is 17.9 Å². The fourth-order valence-corrected chi connectivity index (χ4v) is 1.15. The van der Waals surface area contributed by atoms with Crippen LogP contribution in [0.25, 0.3) is 0 Å². The first-order valence-electron chi connectivity index (χ1n) is 4.84. The summed E-state index contributed by atoms with van der Waals surface area (Å²) in [5.74, 6) is -0.402. The maximum Gasteiger partial charge on any atom is 0.333 e. The number of hydrogen-bond acceptors (Lipinski definition) is 4. The summed E-state index contributed by atoms with van der Waals surface area (Å²) in [6.07, 6.45) is 1.61. The molecular weight excluding hydrogens is 208 g/mol. The molecule has 0 aliphatic rings. The van der Waals surface area contributed by atoms with Gasteiger partial charge in [-0.2, -0.15) is 5.10 Å². The van der Waals surface area contributed by atoms with Crippen molar-refractivity contribution in [2.75, 3.05) is 7.11 Å². The van der Waals surface area contributed by atoms with Gasteiger partial charge in [-0.05, 0) is 19.9 Å². The van der Waals surface area contributed by atoms with Gasteiger partial charge >= 0.3 is 5.97 Å². The zero-order chi connectivity index (χ0) is 12.1. The van der Waals surface area contributed by atoms with Gasteiger partial charge in [-0.1, -0.05) is 6.08 Å². The van der Waals surface area contributed by atoms with Crippen molar-refractivity contribution >= 4 is 5.97 Å². The van der Waals surface area contributed by atoms with Gasteiger partial charge in [0.1, 0.15) is 0 Å². The van der Waals surface area contributed by atoms with Crippen molar-refractivity contribution in [3.05, 3.63) is 39.8 Å². The van der Waals surface area contributed by atoms with E-state index in [2.05, 4.69) is 9.84 Å². The lowest BCUT2D eigenvalue weighted by atomic mass is 10.3. The molecule has 0 aromatic carbocycles. The Balaban J connectivity index is 2.86. The average molecular weight is 222 g/mol. The van der Waals surface area contributed by atoms with Gasteiger partial charge in [0.25, 0.3) is 5.56 Å². The van der Waals surface area contributed by atoms with E-state index in [4.69, 9.17) is 0 Å². The molecule has 0 unspecified atom stereocenters.